The molecule has 0 radical (unpaired) electrons. The highest BCUT2D eigenvalue weighted by Crippen LogP contribution is 2.33. The summed E-state index contributed by atoms with van der Waals surface area (Å²) in [5.41, 5.74) is 10.5. The number of carbonyl (C=O) groups excluding carboxylic acids is 1. The number of para-hydroxylation sites is 1. The Labute approximate surface area is 144 Å². The fourth-order valence-electron chi connectivity index (χ4n) is 3.80. The van der Waals surface area contributed by atoms with Gasteiger partial charge >= 0.3 is 0 Å². The summed E-state index contributed by atoms with van der Waals surface area (Å²) in [6.07, 6.45) is 2.28. The maximum Gasteiger partial charge on any atom is 0.223 e. The van der Waals surface area contributed by atoms with Crippen LogP contribution in [0.5, 0.6) is 0 Å². The van der Waals surface area contributed by atoms with E-state index in [2.05, 4.69) is 43.0 Å². The predicted molar refractivity (Wildman–Crippen MR) is 98.9 cm³/mol. The summed E-state index contributed by atoms with van der Waals surface area (Å²) >= 11 is 0. The first kappa shape index (κ1) is 16.6. The molecular formula is C21H26N2O. The van der Waals surface area contributed by atoms with E-state index < -0.39 is 0 Å². The van der Waals surface area contributed by atoms with Crippen LogP contribution < -0.4 is 5.73 Å². The smallest absolute Gasteiger partial charge is 0.223 e. The van der Waals surface area contributed by atoms with Gasteiger partial charge in [-0.15, -0.1) is 0 Å². The zero-order valence-electron chi connectivity index (χ0n) is 14.5. The summed E-state index contributed by atoms with van der Waals surface area (Å²) in [5.74, 6) is 0.689. The molecule has 24 heavy (non-hydrogen) atoms. The van der Waals surface area contributed by atoms with Crippen molar-refractivity contribution in [1.82, 2.24) is 4.90 Å². The van der Waals surface area contributed by atoms with Gasteiger partial charge in [0.05, 0.1) is 0 Å². The van der Waals surface area contributed by atoms with Gasteiger partial charge in [0.25, 0.3) is 0 Å². The molecule has 0 saturated carbocycles. The van der Waals surface area contributed by atoms with Gasteiger partial charge in [-0.1, -0.05) is 42.5 Å². The highest BCUT2D eigenvalue weighted by Gasteiger charge is 2.33. The van der Waals surface area contributed by atoms with Crippen LogP contribution in [0.2, 0.25) is 0 Å². The Bertz CT molecular complexity index is 725. The lowest BCUT2D eigenvalue weighted by Crippen LogP contribution is -2.34. The molecule has 126 valence electrons. The summed E-state index contributed by atoms with van der Waals surface area (Å²) in [6.45, 7) is 5.14. The second-order valence-electron chi connectivity index (χ2n) is 6.88. The standard InChI is InChI=1S/C21H26N2O/c1-15-7-3-5-9-19(15)18-13-16(2)23(14-18)21(24)12-11-17-8-4-6-10-20(17)22/h3-10,16,18H,11-14,22H2,1-2H3. The van der Waals surface area contributed by atoms with Crippen molar-refractivity contribution in [3.8, 4) is 0 Å². The van der Waals surface area contributed by atoms with E-state index in [0.29, 0.717) is 24.8 Å². The van der Waals surface area contributed by atoms with E-state index in [4.69, 9.17) is 5.73 Å². The van der Waals surface area contributed by atoms with Crippen molar-refractivity contribution in [3.05, 3.63) is 65.2 Å². The van der Waals surface area contributed by atoms with Crippen LogP contribution in [0.4, 0.5) is 5.69 Å². The molecule has 1 fully saturated rings. The van der Waals surface area contributed by atoms with E-state index in [-0.39, 0.29) is 5.91 Å². The Balaban J connectivity index is 1.64. The van der Waals surface area contributed by atoms with E-state index in [1.165, 1.54) is 11.1 Å². The molecule has 0 bridgehead atoms. The lowest BCUT2D eigenvalue weighted by molar-refractivity contribution is -0.131. The number of aryl methyl sites for hydroxylation is 2. The van der Waals surface area contributed by atoms with E-state index in [1.807, 2.05) is 24.3 Å². The topological polar surface area (TPSA) is 46.3 Å². The number of nitrogen functional groups attached to an aromatic ring is 1. The lowest BCUT2D eigenvalue weighted by atomic mass is 9.93. The van der Waals surface area contributed by atoms with Crippen molar-refractivity contribution in [2.75, 3.05) is 12.3 Å². The van der Waals surface area contributed by atoms with Gasteiger partial charge in [0.1, 0.15) is 0 Å². The molecule has 2 aromatic rings. The second kappa shape index (κ2) is 7.08. The molecule has 1 amide bonds. The van der Waals surface area contributed by atoms with Crippen LogP contribution in [0, 0.1) is 6.92 Å². The Kier molecular flexibility index (Phi) is 4.89. The third-order valence-electron chi connectivity index (χ3n) is 5.19. The van der Waals surface area contributed by atoms with Crippen molar-refractivity contribution in [3.63, 3.8) is 0 Å². The van der Waals surface area contributed by atoms with Crippen LogP contribution in [-0.2, 0) is 11.2 Å². The minimum absolute atomic E-state index is 0.238. The maximum atomic E-state index is 12.7. The largest absolute Gasteiger partial charge is 0.399 e. The number of nitrogens with zero attached hydrogens (tertiary/aromatic N) is 1. The first-order chi connectivity index (χ1) is 11.6. The van der Waals surface area contributed by atoms with Gasteiger partial charge in [0.2, 0.25) is 5.91 Å². The van der Waals surface area contributed by atoms with Crippen LogP contribution in [0.25, 0.3) is 0 Å². The zero-order valence-corrected chi connectivity index (χ0v) is 14.5. The third-order valence-corrected chi connectivity index (χ3v) is 5.19. The molecule has 1 heterocycles. The molecule has 2 atom stereocenters. The normalized spacial score (nSPS) is 20.3. The fourth-order valence-corrected chi connectivity index (χ4v) is 3.80. The molecule has 0 spiro atoms. The van der Waals surface area contributed by atoms with E-state index in [9.17, 15) is 4.79 Å². The Morgan fingerprint density at radius 2 is 1.88 bits per heavy atom. The van der Waals surface area contributed by atoms with Crippen LogP contribution in [0.15, 0.2) is 48.5 Å². The lowest BCUT2D eigenvalue weighted by Gasteiger charge is -2.22. The minimum atomic E-state index is 0.238. The van der Waals surface area contributed by atoms with Gasteiger partial charge in [-0.05, 0) is 49.4 Å². The Morgan fingerprint density at radius 1 is 1.17 bits per heavy atom. The number of rotatable bonds is 4. The van der Waals surface area contributed by atoms with Gasteiger partial charge in [-0.2, -0.15) is 0 Å². The first-order valence-electron chi connectivity index (χ1n) is 8.74. The summed E-state index contributed by atoms with van der Waals surface area (Å²) in [5, 5.41) is 0. The van der Waals surface area contributed by atoms with Gasteiger partial charge in [-0.25, -0.2) is 0 Å². The summed E-state index contributed by atoms with van der Waals surface area (Å²) in [6, 6.07) is 16.6. The van der Waals surface area contributed by atoms with Crippen LogP contribution in [-0.4, -0.2) is 23.4 Å². The van der Waals surface area contributed by atoms with Crippen molar-refractivity contribution in [1.29, 1.82) is 0 Å². The number of hydrogen-bond acceptors (Lipinski definition) is 2. The molecule has 1 saturated heterocycles. The Hall–Kier alpha value is -2.29. The van der Waals surface area contributed by atoms with E-state index in [0.717, 1.165) is 24.2 Å². The van der Waals surface area contributed by atoms with E-state index >= 15 is 0 Å². The quantitative estimate of drug-likeness (QED) is 0.867. The number of amides is 1. The first-order valence-corrected chi connectivity index (χ1v) is 8.74. The molecule has 3 rings (SSSR count). The average Bonchev–Trinajstić information content (AvgIpc) is 2.96. The van der Waals surface area contributed by atoms with Crippen molar-refractivity contribution >= 4 is 11.6 Å². The summed E-state index contributed by atoms with van der Waals surface area (Å²) in [4.78, 5) is 14.7. The van der Waals surface area contributed by atoms with Crippen LogP contribution in [0.3, 0.4) is 0 Å². The number of carbonyl (C=O) groups is 1. The molecule has 3 nitrogen and oxygen atoms in total. The highest BCUT2D eigenvalue weighted by molar-refractivity contribution is 5.77. The molecule has 0 aliphatic carbocycles. The Morgan fingerprint density at radius 3 is 2.62 bits per heavy atom. The SMILES string of the molecule is Cc1ccccc1C1CC(C)N(C(=O)CCc2ccccc2N)C1. The van der Waals surface area contributed by atoms with Gasteiger partial charge in [0, 0.05) is 30.6 Å². The molecule has 1 aliphatic rings. The number of likely N-dealkylation sites (tertiary alicyclic amines) is 1. The van der Waals surface area contributed by atoms with Crippen molar-refractivity contribution in [2.24, 2.45) is 0 Å². The molecular weight excluding hydrogens is 296 g/mol. The average molecular weight is 322 g/mol. The monoisotopic (exact) mass is 322 g/mol. The second-order valence-corrected chi connectivity index (χ2v) is 6.88. The fraction of sp³-hybridized carbons (Fsp3) is 0.381. The predicted octanol–water partition coefficient (Wildman–Crippen LogP) is 3.91. The van der Waals surface area contributed by atoms with Gasteiger partial charge < -0.3 is 10.6 Å². The molecule has 1 aliphatic heterocycles. The third kappa shape index (κ3) is 3.45. The number of anilines is 1. The van der Waals surface area contributed by atoms with Gasteiger partial charge in [-0.3, -0.25) is 4.79 Å². The van der Waals surface area contributed by atoms with Crippen LogP contribution >= 0.6 is 0 Å². The minimum Gasteiger partial charge on any atom is -0.399 e. The maximum absolute atomic E-state index is 12.7. The van der Waals surface area contributed by atoms with E-state index in [1.54, 1.807) is 0 Å². The molecule has 2 unspecified atom stereocenters. The van der Waals surface area contributed by atoms with Crippen molar-refractivity contribution in [2.45, 2.75) is 45.1 Å². The molecule has 2 aromatic carbocycles. The zero-order chi connectivity index (χ0) is 17.1. The summed E-state index contributed by atoms with van der Waals surface area (Å²) < 4.78 is 0. The number of benzene rings is 2. The van der Waals surface area contributed by atoms with Gasteiger partial charge in [0.15, 0.2) is 0 Å². The highest BCUT2D eigenvalue weighted by atomic mass is 16.2. The molecule has 2 N–H and O–H groups in total. The molecule has 0 aromatic heterocycles. The molecule has 3 heteroatoms. The number of hydrogen-bond donors (Lipinski definition) is 1. The van der Waals surface area contributed by atoms with Crippen molar-refractivity contribution < 1.29 is 4.79 Å². The number of nitrogens with two attached hydrogens (primary N) is 1. The van der Waals surface area contributed by atoms with Crippen LogP contribution in [0.1, 0.15) is 42.4 Å². The summed E-state index contributed by atoms with van der Waals surface area (Å²) in [7, 11) is 0.